The van der Waals surface area contributed by atoms with Gasteiger partial charge >= 0.3 is 0 Å². The molecule has 7 nitrogen and oxygen atoms in total. The Morgan fingerprint density at radius 1 is 1.24 bits per heavy atom. The molecule has 4 atom stereocenters. The molecule has 0 radical (unpaired) electrons. The largest absolute Gasteiger partial charge is 0.487 e. The number of nitrogens with two attached hydrogens (primary N) is 1. The third-order valence-corrected chi connectivity index (χ3v) is 8.09. The van der Waals surface area contributed by atoms with Crippen LogP contribution >= 0.6 is 0 Å². The Kier molecular flexibility index (Phi) is 6.31. The van der Waals surface area contributed by atoms with Gasteiger partial charge < -0.3 is 20.5 Å². The van der Waals surface area contributed by atoms with Crippen LogP contribution in [0.1, 0.15) is 81.3 Å². The van der Waals surface area contributed by atoms with Gasteiger partial charge in [0.25, 0.3) is 0 Å². The molecule has 2 aliphatic heterocycles. The van der Waals surface area contributed by atoms with E-state index < -0.39 is 5.54 Å². The van der Waals surface area contributed by atoms with Crippen LogP contribution in [0, 0.1) is 0 Å². The van der Waals surface area contributed by atoms with Gasteiger partial charge in [0.1, 0.15) is 11.4 Å². The molecule has 4 unspecified atom stereocenters. The fourth-order valence-electron chi connectivity index (χ4n) is 5.93. The van der Waals surface area contributed by atoms with Gasteiger partial charge in [-0.2, -0.15) is 0 Å². The first-order valence-corrected chi connectivity index (χ1v) is 13.1. The molecule has 1 amide bonds. The van der Waals surface area contributed by atoms with E-state index in [1.54, 1.807) is 12.0 Å². The number of guanidine groups is 1. The van der Waals surface area contributed by atoms with Gasteiger partial charge in [-0.25, -0.2) is 4.99 Å². The van der Waals surface area contributed by atoms with Crippen molar-refractivity contribution in [3.63, 3.8) is 0 Å². The molecule has 3 aliphatic rings. The Bertz CT molecular complexity index is 1270. The van der Waals surface area contributed by atoms with E-state index in [1.807, 2.05) is 32.0 Å². The van der Waals surface area contributed by atoms with Crippen LogP contribution in [0.4, 0.5) is 0 Å². The van der Waals surface area contributed by atoms with Gasteiger partial charge in [-0.15, -0.1) is 0 Å². The molecule has 5 rings (SSSR count). The molecule has 0 aromatic heterocycles. The number of carbonyl (C=O) groups is 1. The van der Waals surface area contributed by atoms with Gasteiger partial charge in [-0.05, 0) is 56.0 Å². The molecule has 0 spiro atoms. The van der Waals surface area contributed by atoms with Gasteiger partial charge in [0.15, 0.2) is 5.96 Å². The van der Waals surface area contributed by atoms with Crippen molar-refractivity contribution in [1.82, 2.24) is 10.2 Å². The maximum absolute atomic E-state index is 13.4. The van der Waals surface area contributed by atoms with E-state index in [0.717, 1.165) is 46.5 Å². The Balaban J connectivity index is 1.45. The number of fused-ring (bicyclic) bond motifs is 2. The highest BCUT2D eigenvalue weighted by Crippen LogP contribution is 2.43. The van der Waals surface area contributed by atoms with E-state index in [4.69, 9.17) is 20.2 Å². The minimum atomic E-state index is -0.463. The first-order valence-electron chi connectivity index (χ1n) is 13.1. The molecule has 0 fully saturated rings. The summed E-state index contributed by atoms with van der Waals surface area (Å²) in [6.07, 6.45) is 2.41. The molecule has 0 saturated carbocycles. The van der Waals surface area contributed by atoms with E-state index in [0.29, 0.717) is 12.8 Å². The topological polar surface area (TPSA) is 89.2 Å². The molecule has 196 valence electrons. The summed E-state index contributed by atoms with van der Waals surface area (Å²) in [7, 11) is 1.69. The van der Waals surface area contributed by atoms with Crippen molar-refractivity contribution in [3.05, 3.63) is 71.3 Å². The van der Waals surface area contributed by atoms with E-state index in [2.05, 4.69) is 50.0 Å². The van der Waals surface area contributed by atoms with E-state index in [-0.39, 0.29) is 35.7 Å². The lowest BCUT2D eigenvalue weighted by molar-refractivity contribution is -0.133. The Morgan fingerprint density at radius 3 is 2.70 bits per heavy atom. The predicted octanol–water partition coefficient (Wildman–Crippen LogP) is 4.88. The second-order valence-electron chi connectivity index (χ2n) is 11.4. The second kappa shape index (κ2) is 9.21. The van der Waals surface area contributed by atoms with Crippen LogP contribution in [0.15, 0.2) is 54.0 Å². The van der Waals surface area contributed by atoms with Crippen LogP contribution in [0.25, 0.3) is 5.70 Å². The van der Waals surface area contributed by atoms with Crippen LogP contribution in [0.2, 0.25) is 0 Å². The molecular formula is C30H38N4O3. The number of amides is 1. The summed E-state index contributed by atoms with van der Waals surface area (Å²) in [5, 5.41) is 3.66. The van der Waals surface area contributed by atoms with Crippen molar-refractivity contribution >= 4 is 17.6 Å². The van der Waals surface area contributed by atoms with Gasteiger partial charge in [-0.3, -0.25) is 9.69 Å². The molecule has 7 heteroatoms. The minimum Gasteiger partial charge on any atom is -0.487 e. The zero-order valence-corrected chi connectivity index (χ0v) is 22.5. The zero-order chi connectivity index (χ0) is 26.5. The van der Waals surface area contributed by atoms with Gasteiger partial charge in [0.2, 0.25) is 5.91 Å². The van der Waals surface area contributed by atoms with Crippen LogP contribution in [0.5, 0.6) is 5.75 Å². The van der Waals surface area contributed by atoms with Crippen molar-refractivity contribution in [2.75, 3.05) is 7.11 Å². The lowest BCUT2D eigenvalue weighted by Gasteiger charge is -2.39. The van der Waals surface area contributed by atoms with Crippen molar-refractivity contribution in [3.8, 4) is 5.75 Å². The molecule has 2 heterocycles. The number of nitrogens with zero attached hydrogens (tertiary/aromatic N) is 2. The monoisotopic (exact) mass is 502 g/mol. The van der Waals surface area contributed by atoms with Crippen LogP contribution < -0.4 is 15.8 Å². The van der Waals surface area contributed by atoms with Gasteiger partial charge in [0.05, 0.1) is 30.1 Å². The summed E-state index contributed by atoms with van der Waals surface area (Å²) in [5.74, 6) is 1.16. The van der Waals surface area contributed by atoms with Gasteiger partial charge in [0, 0.05) is 31.2 Å². The van der Waals surface area contributed by atoms with E-state index in [1.165, 1.54) is 0 Å². The van der Waals surface area contributed by atoms with Crippen LogP contribution in [0.3, 0.4) is 0 Å². The number of carbonyl (C=O) groups excluding carboxylic acids is 1. The first-order chi connectivity index (χ1) is 17.5. The van der Waals surface area contributed by atoms with Crippen molar-refractivity contribution in [2.45, 2.75) is 82.7 Å². The van der Waals surface area contributed by atoms with Gasteiger partial charge in [-0.1, -0.05) is 43.8 Å². The Morgan fingerprint density at radius 2 is 2.00 bits per heavy atom. The normalized spacial score (nSPS) is 28.1. The molecule has 3 N–H and O–H groups in total. The lowest BCUT2D eigenvalue weighted by Crippen LogP contribution is -2.53. The number of hydrogen-bond acceptors (Lipinski definition) is 6. The number of para-hydroxylation sites is 1. The highest BCUT2D eigenvalue weighted by atomic mass is 16.5. The van der Waals surface area contributed by atoms with Crippen molar-refractivity contribution < 1.29 is 14.3 Å². The average Bonchev–Trinajstić information content (AvgIpc) is 3.20. The highest BCUT2D eigenvalue weighted by molar-refractivity contribution is 5.99. The number of hydrogen-bond donors (Lipinski definition) is 2. The summed E-state index contributed by atoms with van der Waals surface area (Å²) in [6.45, 7) is 12.6. The maximum atomic E-state index is 13.4. The zero-order valence-electron chi connectivity index (χ0n) is 22.5. The molecule has 2 aromatic carbocycles. The predicted molar refractivity (Wildman–Crippen MR) is 146 cm³/mol. The minimum absolute atomic E-state index is 0.0138. The lowest BCUT2D eigenvalue weighted by atomic mass is 9.89. The fraction of sp³-hybridized carbons (Fsp3) is 0.467. The Labute approximate surface area is 219 Å². The number of ether oxygens (including phenoxy) is 2. The molecule has 0 saturated heterocycles. The number of rotatable bonds is 6. The smallest absolute Gasteiger partial charge is 0.232 e. The van der Waals surface area contributed by atoms with Crippen LogP contribution in [-0.4, -0.2) is 41.1 Å². The first kappa shape index (κ1) is 25.3. The second-order valence-corrected chi connectivity index (χ2v) is 11.4. The summed E-state index contributed by atoms with van der Waals surface area (Å²) in [4.78, 5) is 19.7. The third-order valence-electron chi connectivity index (χ3n) is 8.09. The maximum Gasteiger partial charge on any atom is 0.232 e. The van der Waals surface area contributed by atoms with Crippen molar-refractivity contribution in [2.24, 2.45) is 10.7 Å². The Hall–Kier alpha value is -3.32. The summed E-state index contributed by atoms with van der Waals surface area (Å²) < 4.78 is 12.1. The van der Waals surface area contributed by atoms with Crippen LogP contribution in [-0.2, 0) is 16.0 Å². The number of methoxy groups -OCH3 is 1. The highest BCUT2D eigenvalue weighted by Gasteiger charge is 2.45. The molecule has 0 bridgehead atoms. The van der Waals surface area contributed by atoms with E-state index in [9.17, 15) is 4.79 Å². The quantitative estimate of drug-likeness (QED) is 0.588. The molecule has 37 heavy (non-hydrogen) atoms. The SMILES string of the molecule is C=C(NC1CC(C)(C)Oc2ccccc21)c1ccc2c(c1)C(N1C(=O)CC(C)(CC)N=C1N)C(OC)C2. The summed E-state index contributed by atoms with van der Waals surface area (Å²) >= 11 is 0. The standard InChI is InChI=1S/C30H38N4O3/c1-7-30(5)17-26(35)34(28(31)33-30)27-22-14-19(12-13-20(22)15-25(27)36-6)18(2)32-23-16-29(3,4)37-24-11-9-8-10-21(23)24/h8-14,23,25,27,32H,2,7,15-17H2,1,3-6H3,(H2,31,33). The average molecular weight is 503 g/mol. The third kappa shape index (κ3) is 4.61. The molecule has 2 aromatic rings. The number of benzene rings is 2. The number of nitrogens with one attached hydrogen (secondary N) is 1. The summed E-state index contributed by atoms with van der Waals surface area (Å²) in [5.41, 5.74) is 10.8. The molecule has 1 aliphatic carbocycles. The fourth-order valence-corrected chi connectivity index (χ4v) is 5.93. The van der Waals surface area contributed by atoms with E-state index >= 15 is 0 Å². The molecular weight excluding hydrogens is 464 g/mol. The summed E-state index contributed by atoms with van der Waals surface area (Å²) in [6, 6.07) is 14.2. The number of aliphatic imine (C=N–C) groups is 1. The van der Waals surface area contributed by atoms with Crippen molar-refractivity contribution in [1.29, 1.82) is 0 Å².